The summed E-state index contributed by atoms with van der Waals surface area (Å²) < 4.78 is 7.47. The van der Waals surface area contributed by atoms with E-state index in [1.54, 1.807) is 0 Å². The van der Waals surface area contributed by atoms with Crippen molar-refractivity contribution < 1.29 is 9.53 Å². The molecule has 0 spiro atoms. The van der Waals surface area contributed by atoms with Crippen LogP contribution in [0, 0.1) is 0 Å². The van der Waals surface area contributed by atoms with E-state index in [-0.39, 0.29) is 11.9 Å². The number of hydrogen-bond donors (Lipinski definition) is 1. The lowest BCUT2D eigenvalue weighted by Gasteiger charge is -2.18. The second kappa shape index (κ2) is 7.35. The number of amides is 1. The fourth-order valence-corrected chi connectivity index (χ4v) is 3.61. The minimum Gasteiger partial charge on any atom is -0.381 e. The first-order valence-corrected chi connectivity index (χ1v) is 9.15. The molecule has 1 atom stereocenters. The molecule has 0 radical (unpaired) electrons. The van der Waals surface area contributed by atoms with Gasteiger partial charge in [0, 0.05) is 32.1 Å². The number of hydrogen-bond acceptors (Lipinski definition) is 4. The summed E-state index contributed by atoms with van der Waals surface area (Å²) in [4.78, 5) is 16.5. The minimum atomic E-state index is -0.00985. The van der Waals surface area contributed by atoms with E-state index < -0.39 is 0 Å². The summed E-state index contributed by atoms with van der Waals surface area (Å²) >= 11 is 0. The summed E-state index contributed by atoms with van der Waals surface area (Å²) in [5, 5.41) is 7.86. The van der Waals surface area contributed by atoms with Crippen LogP contribution in [0.2, 0.25) is 0 Å². The molecule has 4 rings (SSSR count). The Labute approximate surface area is 147 Å². The summed E-state index contributed by atoms with van der Waals surface area (Å²) in [5.41, 5.74) is 1.28. The van der Waals surface area contributed by atoms with Crippen molar-refractivity contribution in [2.75, 3.05) is 13.2 Å². The van der Waals surface area contributed by atoms with Gasteiger partial charge in [-0.25, -0.2) is 9.67 Å². The molecule has 2 aromatic rings. The molecule has 0 unspecified atom stereocenters. The molecule has 2 fully saturated rings. The zero-order valence-electron chi connectivity index (χ0n) is 14.4. The van der Waals surface area contributed by atoms with Crippen molar-refractivity contribution in [1.29, 1.82) is 0 Å². The van der Waals surface area contributed by atoms with Gasteiger partial charge in [0.25, 0.3) is 0 Å². The Balaban J connectivity index is 1.56. The Morgan fingerprint density at radius 2 is 1.96 bits per heavy atom. The molecule has 2 aliphatic rings. The lowest BCUT2D eigenvalue weighted by Crippen LogP contribution is -2.22. The number of nitrogens with zero attached hydrogens (tertiary/aromatic N) is 3. The van der Waals surface area contributed by atoms with Gasteiger partial charge in [0.1, 0.15) is 5.82 Å². The number of carbonyl (C=O) groups is 1. The number of aryl methyl sites for hydroxylation is 2. The van der Waals surface area contributed by atoms with Gasteiger partial charge >= 0.3 is 0 Å². The van der Waals surface area contributed by atoms with E-state index in [0.717, 1.165) is 57.1 Å². The third-order valence-corrected chi connectivity index (χ3v) is 5.07. The van der Waals surface area contributed by atoms with Crippen molar-refractivity contribution in [3.8, 4) is 0 Å². The van der Waals surface area contributed by atoms with E-state index in [2.05, 4.69) is 29.6 Å². The van der Waals surface area contributed by atoms with E-state index in [1.807, 2.05) is 10.7 Å². The lowest BCUT2D eigenvalue weighted by atomic mass is 10.00. The number of ether oxygens (including phenoxy) is 1. The summed E-state index contributed by atoms with van der Waals surface area (Å²) in [7, 11) is 0. The van der Waals surface area contributed by atoms with Crippen molar-refractivity contribution in [3.63, 3.8) is 0 Å². The molecule has 0 aliphatic carbocycles. The largest absolute Gasteiger partial charge is 0.381 e. The predicted molar refractivity (Wildman–Crippen MR) is 93.1 cm³/mol. The molecule has 0 saturated carbocycles. The first kappa shape index (κ1) is 16.3. The SMILES string of the molecule is O=C1CC[C@H](c2nc(C3CCOCC3)nn2CCc2ccccc2)N1. The fraction of sp³-hybridized carbons (Fsp3) is 0.526. The van der Waals surface area contributed by atoms with E-state index in [9.17, 15) is 4.79 Å². The first-order valence-electron chi connectivity index (χ1n) is 9.15. The highest BCUT2D eigenvalue weighted by molar-refractivity contribution is 5.78. The first-order chi connectivity index (χ1) is 12.3. The van der Waals surface area contributed by atoms with Crippen LogP contribution in [-0.4, -0.2) is 33.9 Å². The van der Waals surface area contributed by atoms with Gasteiger partial charge in [-0.05, 0) is 31.2 Å². The van der Waals surface area contributed by atoms with Crippen LogP contribution in [0.25, 0.3) is 0 Å². The summed E-state index contributed by atoms with van der Waals surface area (Å²) in [6.07, 6.45) is 4.22. The molecule has 25 heavy (non-hydrogen) atoms. The molecule has 6 heteroatoms. The minimum absolute atomic E-state index is 0.00985. The standard InChI is InChI=1S/C19H24N4O2/c24-17-7-6-16(20-17)19-21-18(15-9-12-25-13-10-15)22-23(19)11-8-14-4-2-1-3-5-14/h1-5,15-16H,6-13H2,(H,20,24)/t16-/m1/s1. The van der Waals surface area contributed by atoms with Crippen LogP contribution in [0.4, 0.5) is 0 Å². The molecule has 0 bridgehead atoms. The second-order valence-electron chi connectivity index (χ2n) is 6.83. The van der Waals surface area contributed by atoms with Gasteiger partial charge in [-0.1, -0.05) is 30.3 Å². The maximum Gasteiger partial charge on any atom is 0.220 e. The monoisotopic (exact) mass is 340 g/mol. The number of nitrogens with one attached hydrogen (secondary N) is 1. The number of carbonyl (C=O) groups excluding carboxylic acids is 1. The van der Waals surface area contributed by atoms with Crippen LogP contribution in [0.5, 0.6) is 0 Å². The average molecular weight is 340 g/mol. The van der Waals surface area contributed by atoms with Crippen molar-refractivity contribution in [1.82, 2.24) is 20.1 Å². The molecule has 6 nitrogen and oxygen atoms in total. The van der Waals surface area contributed by atoms with Crippen molar-refractivity contribution in [2.24, 2.45) is 0 Å². The molecule has 1 aromatic carbocycles. The number of aromatic nitrogens is 3. The highest BCUT2D eigenvalue weighted by atomic mass is 16.5. The van der Waals surface area contributed by atoms with Crippen LogP contribution in [-0.2, 0) is 22.5 Å². The van der Waals surface area contributed by atoms with Crippen LogP contribution >= 0.6 is 0 Å². The fourth-order valence-electron chi connectivity index (χ4n) is 3.61. The average Bonchev–Trinajstić information content (AvgIpc) is 3.28. The Morgan fingerprint density at radius 3 is 2.68 bits per heavy atom. The van der Waals surface area contributed by atoms with Gasteiger partial charge in [-0.3, -0.25) is 4.79 Å². The zero-order valence-corrected chi connectivity index (χ0v) is 14.4. The Kier molecular flexibility index (Phi) is 4.78. The second-order valence-corrected chi connectivity index (χ2v) is 6.83. The molecular weight excluding hydrogens is 316 g/mol. The molecular formula is C19H24N4O2. The van der Waals surface area contributed by atoms with Crippen LogP contribution in [0.3, 0.4) is 0 Å². The number of benzene rings is 1. The third-order valence-electron chi connectivity index (χ3n) is 5.07. The summed E-state index contributed by atoms with van der Waals surface area (Å²) in [6, 6.07) is 10.4. The maximum atomic E-state index is 11.6. The van der Waals surface area contributed by atoms with Crippen LogP contribution in [0.1, 0.15) is 54.9 Å². The highest BCUT2D eigenvalue weighted by Crippen LogP contribution is 2.28. The van der Waals surface area contributed by atoms with Gasteiger partial charge in [-0.15, -0.1) is 0 Å². The Morgan fingerprint density at radius 1 is 1.16 bits per heavy atom. The summed E-state index contributed by atoms with van der Waals surface area (Å²) in [5.74, 6) is 2.29. The van der Waals surface area contributed by atoms with Crippen molar-refractivity contribution in [2.45, 2.75) is 50.6 Å². The lowest BCUT2D eigenvalue weighted by molar-refractivity contribution is -0.119. The Hall–Kier alpha value is -2.21. The van der Waals surface area contributed by atoms with Gasteiger partial charge in [0.05, 0.1) is 6.04 Å². The predicted octanol–water partition coefficient (Wildman–Crippen LogP) is 2.37. The van der Waals surface area contributed by atoms with Gasteiger partial charge in [-0.2, -0.15) is 5.10 Å². The van der Waals surface area contributed by atoms with Gasteiger partial charge in [0.2, 0.25) is 5.91 Å². The van der Waals surface area contributed by atoms with E-state index in [0.29, 0.717) is 12.3 Å². The van der Waals surface area contributed by atoms with Gasteiger partial charge in [0.15, 0.2) is 5.82 Å². The van der Waals surface area contributed by atoms with Crippen LogP contribution in [0.15, 0.2) is 30.3 Å². The molecule has 2 aliphatic heterocycles. The summed E-state index contributed by atoms with van der Waals surface area (Å²) in [6.45, 7) is 2.33. The maximum absolute atomic E-state index is 11.6. The van der Waals surface area contributed by atoms with Crippen molar-refractivity contribution in [3.05, 3.63) is 47.5 Å². The normalized spacial score (nSPS) is 21.4. The third kappa shape index (κ3) is 3.74. The zero-order chi connectivity index (χ0) is 17.1. The smallest absolute Gasteiger partial charge is 0.220 e. The van der Waals surface area contributed by atoms with Crippen LogP contribution < -0.4 is 5.32 Å². The van der Waals surface area contributed by atoms with E-state index in [4.69, 9.17) is 14.8 Å². The molecule has 1 amide bonds. The van der Waals surface area contributed by atoms with E-state index in [1.165, 1.54) is 5.56 Å². The quantitative estimate of drug-likeness (QED) is 0.907. The molecule has 132 valence electrons. The van der Waals surface area contributed by atoms with E-state index >= 15 is 0 Å². The molecule has 3 heterocycles. The number of rotatable bonds is 5. The van der Waals surface area contributed by atoms with Crippen molar-refractivity contribution >= 4 is 5.91 Å². The molecule has 1 N–H and O–H groups in total. The molecule has 1 aromatic heterocycles. The topological polar surface area (TPSA) is 69.0 Å². The Bertz CT molecular complexity index is 722. The highest BCUT2D eigenvalue weighted by Gasteiger charge is 2.29. The molecule has 2 saturated heterocycles. The van der Waals surface area contributed by atoms with Gasteiger partial charge < -0.3 is 10.1 Å².